The summed E-state index contributed by atoms with van der Waals surface area (Å²) in [5.41, 5.74) is 2.72. The highest BCUT2D eigenvalue weighted by molar-refractivity contribution is 6.06. The topological polar surface area (TPSA) is 97.1 Å². The lowest BCUT2D eigenvalue weighted by molar-refractivity contribution is -0.138. The van der Waals surface area contributed by atoms with E-state index in [0.717, 1.165) is 0 Å². The second-order valence-electron chi connectivity index (χ2n) is 6.37. The van der Waals surface area contributed by atoms with Crippen LogP contribution in [0.15, 0.2) is 30.3 Å². The van der Waals surface area contributed by atoms with E-state index in [9.17, 15) is 19.1 Å². The fraction of sp³-hybridized carbons (Fsp3) is 0.263. The van der Waals surface area contributed by atoms with Crippen LogP contribution in [-0.2, 0) is 11.8 Å². The lowest BCUT2D eigenvalue weighted by Gasteiger charge is -2.14. The molecule has 140 valence electrons. The van der Waals surface area contributed by atoms with Gasteiger partial charge in [0.1, 0.15) is 5.82 Å². The number of halogens is 1. The number of aromatic nitrogens is 3. The highest BCUT2D eigenvalue weighted by atomic mass is 19.1. The number of pyridine rings is 1. The van der Waals surface area contributed by atoms with Crippen LogP contribution in [0.2, 0.25) is 0 Å². The number of nitrogens with zero attached hydrogens (tertiary/aromatic N) is 3. The van der Waals surface area contributed by atoms with Crippen LogP contribution in [0.1, 0.15) is 33.2 Å². The van der Waals surface area contributed by atoms with Crippen molar-refractivity contribution < 1.29 is 19.1 Å². The van der Waals surface area contributed by atoms with Gasteiger partial charge < -0.3 is 10.4 Å². The van der Waals surface area contributed by atoms with Crippen molar-refractivity contribution in [1.29, 1.82) is 0 Å². The molecule has 8 heteroatoms. The highest BCUT2D eigenvalue weighted by Crippen LogP contribution is 2.22. The number of carbonyl (C=O) groups excluding carboxylic acids is 1. The molecule has 27 heavy (non-hydrogen) atoms. The number of carbonyl (C=O) groups is 2. The molecule has 0 spiro atoms. The first-order chi connectivity index (χ1) is 12.8. The molecule has 2 aromatic heterocycles. The molecule has 7 nitrogen and oxygen atoms in total. The number of rotatable bonds is 5. The Kier molecular flexibility index (Phi) is 4.89. The van der Waals surface area contributed by atoms with Crippen molar-refractivity contribution in [3.63, 3.8) is 0 Å². The Morgan fingerprint density at radius 1 is 1.26 bits per heavy atom. The minimum Gasteiger partial charge on any atom is -0.481 e. The zero-order valence-electron chi connectivity index (χ0n) is 15.2. The summed E-state index contributed by atoms with van der Waals surface area (Å²) in [6, 6.07) is 6.85. The summed E-state index contributed by atoms with van der Waals surface area (Å²) in [7, 11) is 1.75. The lowest BCUT2D eigenvalue weighted by atomic mass is 9.99. The number of benzene rings is 1. The van der Waals surface area contributed by atoms with E-state index >= 15 is 0 Å². The number of fused-ring (bicyclic) bond motifs is 1. The molecule has 2 N–H and O–H groups in total. The Bertz CT molecular complexity index is 1030. The molecule has 0 radical (unpaired) electrons. The Morgan fingerprint density at radius 2 is 1.93 bits per heavy atom. The molecule has 0 bridgehead atoms. The van der Waals surface area contributed by atoms with Gasteiger partial charge in [0.05, 0.1) is 22.6 Å². The Morgan fingerprint density at radius 3 is 2.56 bits per heavy atom. The minimum absolute atomic E-state index is 0.123. The summed E-state index contributed by atoms with van der Waals surface area (Å²) >= 11 is 0. The first-order valence-corrected chi connectivity index (χ1v) is 8.35. The number of hydrogen-bond donors (Lipinski definition) is 2. The molecule has 1 unspecified atom stereocenters. The summed E-state index contributed by atoms with van der Waals surface area (Å²) in [5.74, 6) is -2.94. The van der Waals surface area contributed by atoms with Crippen molar-refractivity contribution >= 4 is 22.9 Å². The van der Waals surface area contributed by atoms with Crippen LogP contribution in [-0.4, -0.2) is 38.3 Å². The first kappa shape index (κ1) is 18.5. The molecule has 0 fully saturated rings. The van der Waals surface area contributed by atoms with E-state index < -0.39 is 23.6 Å². The molecule has 0 aliphatic heterocycles. The molecule has 0 aliphatic carbocycles. The average Bonchev–Trinajstić information content (AvgIpc) is 2.89. The summed E-state index contributed by atoms with van der Waals surface area (Å²) in [4.78, 5) is 28.8. The van der Waals surface area contributed by atoms with Gasteiger partial charge >= 0.3 is 5.97 Å². The molecular weight excluding hydrogens is 351 g/mol. The van der Waals surface area contributed by atoms with Crippen LogP contribution in [0.25, 0.3) is 11.0 Å². The molecule has 1 aromatic carbocycles. The van der Waals surface area contributed by atoms with Crippen LogP contribution < -0.4 is 5.32 Å². The third-order valence-corrected chi connectivity index (χ3v) is 4.38. The molecule has 0 saturated carbocycles. The number of carboxylic acid groups (broad SMARTS) is 1. The number of carboxylic acids is 1. The van der Waals surface area contributed by atoms with Crippen LogP contribution in [0.5, 0.6) is 0 Å². The van der Waals surface area contributed by atoms with Crippen LogP contribution >= 0.6 is 0 Å². The molecular formula is C19H19FN4O3. The maximum Gasteiger partial charge on any atom is 0.312 e. The fourth-order valence-electron chi connectivity index (χ4n) is 3.08. The van der Waals surface area contributed by atoms with Gasteiger partial charge in [-0.1, -0.05) is 12.1 Å². The molecule has 2 heterocycles. The Hall–Kier alpha value is -3.29. The Balaban J connectivity index is 1.88. The zero-order valence-corrected chi connectivity index (χ0v) is 15.2. The maximum atomic E-state index is 13.1. The van der Waals surface area contributed by atoms with Gasteiger partial charge in [0.2, 0.25) is 0 Å². The smallest absolute Gasteiger partial charge is 0.312 e. The van der Waals surface area contributed by atoms with Gasteiger partial charge in [-0.3, -0.25) is 14.3 Å². The largest absolute Gasteiger partial charge is 0.481 e. The highest BCUT2D eigenvalue weighted by Gasteiger charge is 2.23. The minimum atomic E-state index is -1.10. The number of aliphatic carboxylic acids is 1. The van der Waals surface area contributed by atoms with Crippen molar-refractivity contribution in [2.45, 2.75) is 19.8 Å². The van der Waals surface area contributed by atoms with E-state index in [0.29, 0.717) is 33.5 Å². The van der Waals surface area contributed by atoms with Crippen molar-refractivity contribution in [3.8, 4) is 0 Å². The van der Waals surface area contributed by atoms with E-state index in [2.05, 4.69) is 15.4 Å². The molecule has 0 aliphatic rings. The molecule has 3 aromatic rings. The second-order valence-corrected chi connectivity index (χ2v) is 6.37. The first-order valence-electron chi connectivity index (χ1n) is 8.35. The average molecular weight is 370 g/mol. The standard InChI is InChI=1S/C19H19FN4O3/c1-10-8-14(16-11(2)23-24(3)17(16)22-10)18(25)21-9-15(19(26)27)12-4-6-13(20)7-5-12/h4-8,15H,9H2,1-3H3,(H,21,25)(H,26,27). The maximum absolute atomic E-state index is 13.1. The van der Waals surface area contributed by atoms with Crippen molar-refractivity contribution in [2.24, 2.45) is 7.05 Å². The molecule has 1 amide bonds. The quantitative estimate of drug-likeness (QED) is 0.718. The summed E-state index contributed by atoms with van der Waals surface area (Å²) < 4.78 is 14.7. The van der Waals surface area contributed by atoms with E-state index in [1.807, 2.05) is 0 Å². The lowest BCUT2D eigenvalue weighted by Crippen LogP contribution is -2.32. The number of amides is 1. The third-order valence-electron chi connectivity index (χ3n) is 4.38. The monoisotopic (exact) mass is 370 g/mol. The number of hydrogen-bond acceptors (Lipinski definition) is 4. The van der Waals surface area contributed by atoms with Gasteiger partial charge in [-0.25, -0.2) is 9.37 Å². The zero-order chi connectivity index (χ0) is 19.7. The van der Waals surface area contributed by atoms with E-state index in [1.54, 1.807) is 31.6 Å². The SMILES string of the molecule is Cc1cc(C(=O)NCC(C(=O)O)c2ccc(F)cc2)c2c(C)nn(C)c2n1. The van der Waals surface area contributed by atoms with Crippen molar-refractivity contribution in [2.75, 3.05) is 6.54 Å². The van der Waals surface area contributed by atoms with Gasteiger partial charge in [0.25, 0.3) is 5.91 Å². The van der Waals surface area contributed by atoms with Gasteiger partial charge in [0.15, 0.2) is 5.65 Å². The summed E-state index contributed by atoms with van der Waals surface area (Å²) in [6.07, 6.45) is 0. The van der Waals surface area contributed by atoms with Crippen LogP contribution in [0, 0.1) is 19.7 Å². The van der Waals surface area contributed by atoms with Crippen molar-refractivity contribution in [1.82, 2.24) is 20.1 Å². The molecule has 1 atom stereocenters. The third kappa shape index (κ3) is 3.64. The molecule has 3 rings (SSSR count). The summed E-state index contributed by atoms with van der Waals surface area (Å²) in [6.45, 7) is 3.44. The second kappa shape index (κ2) is 7.14. The van der Waals surface area contributed by atoms with E-state index in [-0.39, 0.29) is 6.54 Å². The normalized spacial score (nSPS) is 12.1. The predicted octanol–water partition coefficient (Wildman–Crippen LogP) is 2.32. The predicted molar refractivity (Wildman–Crippen MR) is 97.1 cm³/mol. The van der Waals surface area contributed by atoms with Crippen LogP contribution in [0.3, 0.4) is 0 Å². The van der Waals surface area contributed by atoms with E-state index in [4.69, 9.17) is 0 Å². The van der Waals surface area contributed by atoms with Crippen molar-refractivity contribution in [3.05, 3.63) is 58.7 Å². The van der Waals surface area contributed by atoms with E-state index in [1.165, 1.54) is 24.3 Å². The van der Waals surface area contributed by atoms with Gasteiger partial charge in [0, 0.05) is 19.3 Å². The van der Waals surface area contributed by atoms with Gasteiger partial charge in [-0.05, 0) is 37.6 Å². The fourth-order valence-corrected chi connectivity index (χ4v) is 3.08. The number of nitrogens with one attached hydrogen (secondary N) is 1. The number of aryl methyl sites for hydroxylation is 3. The summed E-state index contributed by atoms with van der Waals surface area (Å²) in [5, 5.41) is 17.1. The Labute approximate surface area is 154 Å². The van der Waals surface area contributed by atoms with Gasteiger partial charge in [-0.2, -0.15) is 5.10 Å². The molecule has 0 saturated heterocycles. The van der Waals surface area contributed by atoms with Crippen LogP contribution in [0.4, 0.5) is 4.39 Å². The van der Waals surface area contributed by atoms with Gasteiger partial charge in [-0.15, -0.1) is 0 Å².